The molecule has 0 unspecified atom stereocenters. The molecule has 0 spiro atoms. The standard InChI is InChI=1S/C20H14BrFN4O2/c21-15-5-8-18(25-19(27)14-2-1-9-23-12-14)17(10-15)20(28)26-24-11-13-3-6-16(22)7-4-13/h1-12H,(H,25,27)(H,26,28)/b24-11+. The minimum atomic E-state index is -0.513. The number of rotatable bonds is 5. The molecular weight excluding hydrogens is 427 g/mol. The van der Waals surface area contributed by atoms with E-state index in [0.29, 0.717) is 21.3 Å². The van der Waals surface area contributed by atoms with Crippen LogP contribution in [0.15, 0.2) is 76.6 Å². The number of carbonyl (C=O) groups excluding carboxylic acids is 2. The van der Waals surface area contributed by atoms with Gasteiger partial charge in [0.05, 0.1) is 23.0 Å². The molecule has 0 bridgehead atoms. The van der Waals surface area contributed by atoms with Crippen molar-refractivity contribution in [3.8, 4) is 0 Å². The zero-order valence-corrected chi connectivity index (χ0v) is 16.0. The van der Waals surface area contributed by atoms with Gasteiger partial charge in [-0.3, -0.25) is 14.6 Å². The molecule has 2 aromatic carbocycles. The van der Waals surface area contributed by atoms with E-state index in [0.717, 1.165) is 0 Å². The van der Waals surface area contributed by atoms with Crippen LogP contribution in [-0.4, -0.2) is 23.0 Å². The topological polar surface area (TPSA) is 83.5 Å². The highest BCUT2D eigenvalue weighted by molar-refractivity contribution is 9.10. The number of nitrogens with one attached hydrogen (secondary N) is 2. The Morgan fingerprint density at radius 2 is 1.86 bits per heavy atom. The number of amides is 2. The Bertz CT molecular complexity index is 1020. The normalized spacial score (nSPS) is 10.6. The fourth-order valence-electron chi connectivity index (χ4n) is 2.28. The Morgan fingerprint density at radius 3 is 2.57 bits per heavy atom. The van der Waals surface area contributed by atoms with Crippen LogP contribution >= 0.6 is 15.9 Å². The zero-order valence-electron chi connectivity index (χ0n) is 14.4. The number of carbonyl (C=O) groups is 2. The van der Waals surface area contributed by atoms with Crippen molar-refractivity contribution in [3.63, 3.8) is 0 Å². The quantitative estimate of drug-likeness (QED) is 0.464. The Balaban J connectivity index is 1.75. The first kappa shape index (κ1) is 19.4. The lowest BCUT2D eigenvalue weighted by molar-refractivity contribution is 0.0956. The van der Waals surface area contributed by atoms with Crippen LogP contribution in [0.2, 0.25) is 0 Å². The molecule has 0 aliphatic rings. The van der Waals surface area contributed by atoms with Gasteiger partial charge in [0.15, 0.2) is 0 Å². The Morgan fingerprint density at radius 1 is 1.07 bits per heavy atom. The second kappa shape index (κ2) is 9.01. The van der Waals surface area contributed by atoms with Gasteiger partial charge in [0.1, 0.15) is 5.82 Å². The van der Waals surface area contributed by atoms with Crippen LogP contribution in [0.5, 0.6) is 0 Å². The van der Waals surface area contributed by atoms with Crippen molar-refractivity contribution in [3.05, 3.63) is 94.0 Å². The Kier molecular flexibility index (Phi) is 6.23. The highest BCUT2D eigenvalue weighted by Crippen LogP contribution is 2.22. The van der Waals surface area contributed by atoms with Gasteiger partial charge in [-0.25, -0.2) is 9.82 Å². The van der Waals surface area contributed by atoms with Crippen molar-refractivity contribution in [1.29, 1.82) is 0 Å². The van der Waals surface area contributed by atoms with Crippen molar-refractivity contribution in [2.75, 3.05) is 5.32 Å². The van der Waals surface area contributed by atoms with Crippen LogP contribution in [0.1, 0.15) is 26.3 Å². The van der Waals surface area contributed by atoms with E-state index < -0.39 is 5.91 Å². The molecule has 1 aromatic heterocycles. The first-order valence-corrected chi connectivity index (χ1v) is 8.92. The molecule has 0 fully saturated rings. The lowest BCUT2D eigenvalue weighted by atomic mass is 10.1. The molecule has 0 saturated heterocycles. The summed E-state index contributed by atoms with van der Waals surface area (Å²) in [7, 11) is 0. The Labute approximate surface area is 168 Å². The molecule has 140 valence electrons. The average molecular weight is 441 g/mol. The molecule has 0 aliphatic heterocycles. The van der Waals surface area contributed by atoms with Gasteiger partial charge in [-0.05, 0) is 48.0 Å². The van der Waals surface area contributed by atoms with Crippen molar-refractivity contribution < 1.29 is 14.0 Å². The molecule has 3 aromatic rings. The number of nitrogens with zero attached hydrogens (tertiary/aromatic N) is 2. The number of hydrazone groups is 1. The number of aromatic nitrogens is 1. The zero-order chi connectivity index (χ0) is 19.9. The van der Waals surface area contributed by atoms with Crippen molar-refractivity contribution in [2.45, 2.75) is 0 Å². The molecule has 0 atom stereocenters. The Hall–Kier alpha value is -3.39. The van der Waals surface area contributed by atoms with E-state index in [1.165, 1.54) is 36.7 Å². The number of anilines is 1. The van der Waals surface area contributed by atoms with Gasteiger partial charge in [0, 0.05) is 16.9 Å². The van der Waals surface area contributed by atoms with E-state index in [1.807, 2.05) is 0 Å². The monoisotopic (exact) mass is 440 g/mol. The van der Waals surface area contributed by atoms with Crippen molar-refractivity contribution >= 4 is 39.6 Å². The van der Waals surface area contributed by atoms with Crippen LogP contribution in [0.3, 0.4) is 0 Å². The van der Waals surface area contributed by atoms with Gasteiger partial charge in [0.25, 0.3) is 11.8 Å². The molecule has 0 radical (unpaired) electrons. The third-order valence-electron chi connectivity index (χ3n) is 3.65. The second-order valence-corrected chi connectivity index (χ2v) is 6.55. The summed E-state index contributed by atoms with van der Waals surface area (Å²) in [5.41, 5.74) is 3.94. The van der Waals surface area contributed by atoms with Gasteiger partial charge in [-0.15, -0.1) is 0 Å². The molecule has 8 heteroatoms. The predicted molar refractivity (Wildman–Crippen MR) is 108 cm³/mol. The fourth-order valence-corrected chi connectivity index (χ4v) is 2.64. The minimum absolute atomic E-state index is 0.225. The third kappa shape index (κ3) is 5.08. The molecule has 1 heterocycles. The summed E-state index contributed by atoms with van der Waals surface area (Å²) in [4.78, 5) is 28.8. The van der Waals surface area contributed by atoms with E-state index in [2.05, 4.69) is 36.8 Å². The second-order valence-electron chi connectivity index (χ2n) is 5.64. The molecule has 0 saturated carbocycles. The van der Waals surface area contributed by atoms with E-state index in [4.69, 9.17) is 0 Å². The van der Waals surface area contributed by atoms with Gasteiger partial charge < -0.3 is 5.32 Å². The highest BCUT2D eigenvalue weighted by Gasteiger charge is 2.15. The number of benzene rings is 2. The maximum Gasteiger partial charge on any atom is 0.273 e. The summed E-state index contributed by atoms with van der Waals surface area (Å²) in [6.45, 7) is 0. The number of hydrogen-bond acceptors (Lipinski definition) is 4. The first-order chi connectivity index (χ1) is 13.5. The molecule has 6 nitrogen and oxygen atoms in total. The first-order valence-electron chi connectivity index (χ1n) is 8.13. The third-order valence-corrected chi connectivity index (χ3v) is 4.14. The molecule has 2 amide bonds. The van der Waals surface area contributed by atoms with Crippen LogP contribution in [0.4, 0.5) is 10.1 Å². The van der Waals surface area contributed by atoms with Crippen LogP contribution in [0, 0.1) is 5.82 Å². The van der Waals surface area contributed by atoms with E-state index in [9.17, 15) is 14.0 Å². The van der Waals surface area contributed by atoms with Gasteiger partial charge in [-0.1, -0.05) is 28.1 Å². The van der Waals surface area contributed by atoms with Crippen LogP contribution in [-0.2, 0) is 0 Å². The smallest absolute Gasteiger partial charge is 0.273 e. The highest BCUT2D eigenvalue weighted by atomic mass is 79.9. The molecular formula is C20H14BrFN4O2. The summed E-state index contributed by atoms with van der Waals surface area (Å²) in [6, 6.07) is 13.8. The molecule has 0 aliphatic carbocycles. The molecule has 3 rings (SSSR count). The number of halogens is 2. The lowest BCUT2D eigenvalue weighted by Crippen LogP contribution is -2.21. The lowest BCUT2D eigenvalue weighted by Gasteiger charge is -2.10. The fraction of sp³-hybridized carbons (Fsp3) is 0. The average Bonchev–Trinajstić information content (AvgIpc) is 2.71. The van der Waals surface area contributed by atoms with Crippen molar-refractivity contribution in [1.82, 2.24) is 10.4 Å². The van der Waals surface area contributed by atoms with E-state index in [1.54, 1.807) is 36.5 Å². The van der Waals surface area contributed by atoms with E-state index in [-0.39, 0.29) is 17.3 Å². The van der Waals surface area contributed by atoms with Gasteiger partial charge >= 0.3 is 0 Å². The number of pyridine rings is 1. The molecule has 28 heavy (non-hydrogen) atoms. The van der Waals surface area contributed by atoms with Gasteiger partial charge in [-0.2, -0.15) is 5.10 Å². The molecule has 2 N–H and O–H groups in total. The largest absolute Gasteiger partial charge is 0.321 e. The summed E-state index contributed by atoms with van der Waals surface area (Å²) >= 11 is 3.31. The van der Waals surface area contributed by atoms with Crippen LogP contribution < -0.4 is 10.7 Å². The van der Waals surface area contributed by atoms with Gasteiger partial charge in [0.2, 0.25) is 0 Å². The number of hydrogen-bond donors (Lipinski definition) is 2. The maximum absolute atomic E-state index is 12.9. The summed E-state index contributed by atoms with van der Waals surface area (Å²) in [5, 5.41) is 6.57. The van der Waals surface area contributed by atoms with E-state index >= 15 is 0 Å². The summed E-state index contributed by atoms with van der Waals surface area (Å²) in [5.74, 6) is -1.26. The summed E-state index contributed by atoms with van der Waals surface area (Å²) < 4.78 is 13.6. The maximum atomic E-state index is 12.9. The minimum Gasteiger partial charge on any atom is -0.321 e. The predicted octanol–water partition coefficient (Wildman–Crippen LogP) is 4.00. The van der Waals surface area contributed by atoms with Crippen LogP contribution in [0.25, 0.3) is 0 Å². The SMILES string of the molecule is O=C(Nc1ccc(Br)cc1C(=O)N/N=C/c1ccc(F)cc1)c1cccnc1. The summed E-state index contributed by atoms with van der Waals surface area (Å²) in [6.07, 6.45) is 4.39. The van der Waals surface area contributed by atoms with Crippen molar-refractivity contribution in [2.24, 2.45) is 5.10 Å².